The maximum Gasteiger partial charge on any atom is 0.151 e. The number of benzene rings is 2. The lowest BCUT2D eigenvalue weighted by Gasteiger charge is -2.30. The first-order valence-electron chi connectivity index (χ1n) is 10.1. The van der Waals surface area contributed by atoms with E-state index in [0.717, 1.165) is 30.7 Å². The number of hydrogen-bond acceptors (Lipinski definition) is 5. The van der Waals surface area contributed by atoms with Gasteiger partial charge in [-0.15, -0.1) is 5.06 Å². The number of hydrogen-bond donors (Lipinski definition) is 2. The van der Waals surface area contributed by atoms with Crippen molar-refractivity contribution < 1.29 is 14.7 Å². The molecule has 0 aromatic heterocycles. The van der Waals surface area contributed by atoms with E-state index >= 15 is 0 Å². The quantitative estimate of drug-likeness (QED) is 0.545. The van der Waals surface area contributed by atoms with Gasteiger partial charge in [0.1, 0.15) is 5.75 Å². The summed E-state index contributed by atoms with van der Waals surface area (Å²) in [7, 11) is 1.63. The average Bonchev–Trinajstić information content (AvgIpc) is 2.72. The molecule has 5 heteroatoms. The second-order valence-corrected chi connectivity index (χ2v) is 7.22. The molecule has 0 heterocycles. The first kappa shape index (κ1) is 22.2. The molecule has 0 saturated carbocycles. The van der Waals surface area contributed by atoms with E-state index in [0.29, 0.717) is 24.6 Å². The summed E-state index contributed by atoms with van der Waals surface area (Å²) in [5.41, 5.74) is 7.40. The lowest BCUT2D eigenvalue weighted by atomic mass is 10.0. The molecule has 0 fully saturated rings. The molecule has 2 rings (SSSR count). The molecule has 0 aliphatic heterocycles. The summed E-state index contributed by atoms with van der Waals surface area (Å²) in [4.78, 5) is 6.10. The van der Waals surface area contributed by atoms with E-state index in [-0.39, 0.29) is 6.04 Å². The van der Waals surface area contributed by atoms with Crippen LogP contribution < -0.4 is 15.3 Å². The van der Waals surface area contributed by atoms with Crippen molar-refractivity contribution in [2.45, 2.75) is 45.3 Å². The molecule has 0 amide bonds. The lowest BCUT2D eigenvalue weighted by Crippen LogP contribution is -2.47. The van der Waals surface area contributed by atoms with E-state index in [1.807, 2.05) is 59.7 Å². The summed E-state index contributed by atoms with van der Waals surface area (Å²) in [6.45, 7) is 5.44. The zero-order valence-electron chi connectivity index (χ0n) is 17.3. The van der Waals surface area contributed by atoms with Crippen molar-refractivity contribution in [1.29, 1.82) is 0 Å². The number of nitrogens with two attached hydrogens (primary N) is 1. The Morgan fingerprint density at radius 3 is 2.29 bits per heavy atom. The summed E-state index contributed by atoms with van der Waals surface area (Å²) in [6.07, 6.45) is 2.04. The minimum atomic E-state index is -0.694. The molecular formula is C23H34N2O3. The predicted octanol–water partition coefficient (Wildman–Crippen LogP) is 3.66. The number of aliphatic hydroxyl groups is 1. The van der Waals surface area contributed by atoms with Crippen LogP contribution in [0.5, 0.6) is 11.5 Å². The van der Waals surface area contributed by atoms with Gasteiger partial charge >= 0.3 is 0 Å². The van der Waals surface area contributed by atoms with Gasteiger partial charge in [-0.05, 0) is 30.0 Å². The molecule has 154 valence electrons. The molecular weight excluding hydrogens is 352 g/mol. The van der Waals surface area contributed by atoms with Gasteiger partial charge < -0.3 is 20.4 Å². The Balaban J connectivity index is 2.04. The molecule has 0 aliphatic carbocycles. The fraction of sp³-hybridized carbons (Fsp3) is 0.478. The van der Waals surface area contributed by atoms with E-state index in [9.17, 15) is 5.11 Å². The molecule has 0 aliphatic rings. The molecule has 28 heavy (non-hydrogen) atoms. The highest BCUT2D eigenvalue weighted by Gasteiger charge is 2.22. The summed E-state index contributed by atoms with van der Waals surface area (Å²) >= 11 is 0. The Kier molecular flexibility index (Phi) is 9.28. The van der Waals surface area contributed by atoms with Gasteiger partial charge in [0.05, 0.1) is 19.8 Å². The minimum absolute atomic E-state index is 0.349. The number of rotatable bonds is 12. The number of methoxy groups -OCH3 is 1. The highest BCUT2D eigenvalue weighted by atomic mass is 16.7. The number of nitrogens with zero attached hydrogens (tertiary/aromatic N) is 1. The second kappa shape index (κ2) is 11.7. The first-order valence-corrected chi connectivity index (χ1v) is 10.1. The smallest absolute Gasteiger partial charge is 0.151 e. The zero-order valence-corrected chi connectivity index (χ0v) is 17.3. The van der Waals surface area contributed by atoms with Crippen LogP contribution in [0.15, 0.2) is 54.6 Å². The Hall–Kier alpha value is -2.08. The van der Waals surface area contributed by atoms with Crippen LogP contribution >= 0.6 is 0 Å². The van der Waals surface area contributed by atoms with Gasteiger partial charge in [0.15, 0.2) is 5.75 Å². The molecule has 0 spiro atoms. The molecule has 2 aromatic carbocycles. The van der Waals surface area contributed by atoms with Crippen molar-refractivity contribution in [1.82, 2.24) is 5.06 Å². The van der Waals surface area contributed by atoms with Gasteiger partial charge in [0, 0.05) is 18.7 Å². The van der Waals surface area contributed by atoms with Crippen molar-refractivity contribution in [3.05, 3.63) is 60.2 Å². The maximum absolute atomic E-state index is 10.7. The van der Waals surface area contributed by atoms with Gasteiger partial charge in [-0.2, -0.15) is 0 Å². The van der Waals surface area contributed by atoms with Crippen molar-refractivity contribution in [3.63, 3.8) is 0 Å². The van der Waals surface area contributed by atoms with Crippen molar-refractivity contribution >= 4 is 0 Å². The largest absolute Gasteiger partial charge is 0.497 e. The Morgan fingerprint density at radius 1 is 0.964 bits per heavy atom. The van der Waals surface area contributed by atoms with Crippen molar-refractivity contribution in [3.8, 4) is 11.5 Å². The van der Waals surface area contributed by atoms with E-state index < -0.39 is 6.10 Å². The van der Waals surface area contributed by atoms with Gasteiger partial charge in [-0.3, -0.25) is 0 Å². The maximum atomic E-state index is 10.7. The number of ether oxygens (including phenoxy) is 1. The monoisotopic (exact) mass is 386 g/mol. The zero-order chi connectivity index (χ0) is 20.4. The van der Waals surface area contributed by atoms with Crippen LogP contribution in [0, 0.1) is 5.92 Å². The Morgan fingerprint density at radius 2 is 1.64 bits per heavy atom. The molecule has 0 bridgehead atoms. The van der Waals surface area contributed by atoms with Crippen molar-refractivity contribution in [2.75, 3.05) is 20.2 Å². The second-order valence-electron chi connectivity index (χ2n) is 7.22. The van der Waals surface area contributed by atoms with Crippen LogP contribution in [-0.4, -0.2) is 42.5 Å². The molecule has 2 aromatic rings. The third-order valence-corrected chi connectivity index (χ3v) is 5.09. The van der Waals surface area contributed by atoms with E-state index in [1.54, 1.807) is 7.11 Å². The van der Waals surface area contributed by atoms with E-state index in [1.165, 1.54) is 0 Å². The molecule has 2 atom stereocenters. The topological polar surface area (TPSA) is 68.0 Å². The number of aliphatic hydroxyl groups excluding tert-OH is 1. The van der Waals surface area contributed by atoms with Crippen LogP contribution in [0.4, 0.5) is 0 Å². The fourth-order valence-electron chi connectivity index (χ4n) is 3.16. The summed E-state index contributed by atoms with van der Waals surface area (Å²) < 4.78 is 5.28. The van der Waals surface area contributed by atoms with Crippen LogP contribution in [0.1, 0.15) is 32.3 Å². The van der Waals surface area contributed by atoms with Gasteiger partial charge in [0.25, 0.3) is 0 Å². The molecule has 0 radical (unpaired) electrons. The summed E-state index contributed by atoms with van der Waals surface area (Å²) in [5, 5.41) is 12.6. The van der Waals surface area contributed by atoms with Gasteiger partial charge in [-0.1, -0.05) is 63.1 Å². The first-order chi connectivity index (χ1) is 13.5. The lowest BCUT2D eigenvalue weighted by molar-refractivity contribution is -0.0978. The van der Waals surface area contributed by atoms with Crippen LogP contribution in [0.3, 0.4) is 0 Å². The molecule has 2 unspecified atom stereocenters. The summed E-state index contributed by atoms with van der Waals surface area (Å²) in [5.74, 6) is 1.92. The minimum Gasteiger partial charge on any atom is -0.497 e. The van der Waals surface area contributed by atoms with Crippen LogP contribution in [0.25, 0.3) is 0 Å². The Labute approximate surface area is 169 Å². The standard InChI is InChI=1S/C23H34N2O3/c1-4-18(5-2)16-25(28-21-13-9-12-20(15-21)27-3)17-23(26)22(24)14-19-10-7-6-8-11-19/h6-13,15,18,22-23,26H,4-5,14,16-17,24H2,1-3H3. The fourth-order valence-corrected chi connectivity index (χ4v) is 3.16. The highest BCUT2D eigenvalue weighted by molar-refractivity contribution is 5.32. The van der Waals surface area contributed by atoms with E-state index in [2.05, 4.69) is 13.8 Å². The van der Waals surface area contributed by atoms with Gasteiger partial charge in [-0.25, -0.2) is 0 Å². The highest BCUT2D eigenvalue weighted by Crippen LogP contribution is 2.21. The summed E-state index contributed by atoms with van der Waals surface area (Å²) in [6, 6.07) is 17.1. The molecule has 3 N–H and O–H groups in total. The van der Waals surface area contributed by atoms with Crippen LogP contribution in [-0.2, 0) is 6.42 Å². The predicted molar refractivity (Wildman–Crippen MR) is 113 cm³/mol. The average molecular weight is 387 g/mol. The molecule has 0 saturated heterocycles. The van der Waals surface area contributed by atoms with Crippen molar-refractivity contribution in [2.24, 2.45) is 11.7 Å². The SMILES string of the molecule is CCC(CC)CN(CC(O)C(N)Cc1ccccc1)Oc1cccc(OC)c1. The van der Waals surface area contributed by atoms with Crippen LogP contribution in [0.2, 0.25) is 0 Å². The third kappa shape index (κ3) is 7.15. The van der Waals surface area contributed by atoms with E-state index in [4.69, 9.17) is 15.3 Å². The molecule has 5 nitrogen and oxygen atoms in total. The Bertz CT molecular complexity index is 677. The third-order valence-electron chi connectivity index (χ3n) is 5.09. The number of hydroxylamine groups is 2. The van der Waals surface area contributed by atoms with Gasteiger partial charge in [0.2, 0.25) is 0 Å². The normalized spacial score (nSPS) is 13.5.